The Kier molecular flexibility index (Phi) is 5.66. The number of hydrogen-bond donors (Lipinski definition) is 1. The van der Waals surface area contributed by atoms with Crippen molar-refractivity contribution < 1.29 is 14.7 Å². The van der Waals surface area contributed by atoms with Gasteiger partial charge in [0, 0.05) is 21.7 Å². The number of nitrogens with zero attached hydrogens (tertiary/aromatic N) is 1. The summed E-state index contributed by atoms with van der Waals surface area (Å²) in [5, 5.41) is 12.0. The Labute approximate surface area is 179 Å². The number of Topliss-reactive ketones (excluding diaryl/α,β-unsaturated/α-hetero) is 1. The number of aliphatic hydroxyl groups is 1. The summed E-state index contributed by atoms with van der Waals surface area (Å²) in [5.41, 5.74) is 1.27. The summed E-state index contributed by atoms with van der Waals surface area (Å²) in [6, 6.07) is 13.1. The zero-order chi connectivity index (χ0) is 20.5. The first-order valence-corrected chi connectivity index (χ1v) is 10.5. The van der Waals surface area contributed by atoms with E-state index >= 15 is 0 Å². The molecule has 2 fully saturated rings. The van der Waals surface area contributed by atoms with E-state index in [2.05, 4.69) is 0 Å². The summed E-state index contributed by atoms with van der Waals surface area (Å²) < 4.78 is 0. The molecule has 150 valence electrons. The fourth-order valence-corrected chi connectivity index (χ4v) is 4.67. The molecular weight excluding hydrogens is 409 g/mol. The van der Waals surface area contributed by atoms with Crippen LogP contribution in [0, 0.1) is 0 Å². The van der Waals surface area contributed by atoms with Gasteiger partial charge in [-0.2, -0.15) is 0 Å². The number of carbonyl (C=O) groups is 2. The van der Waals surface area contributed by atoms with Gasteiger partial charge in [0.2, 0.25) is 0 Å². The molecule has 0 spiro atoms. The van der Waals surface area contributed by atoms with Gasteiger partial charge >= 0.3 is 0 Å². The average Bonchev–Trinajstić information content (AvgIpc) is 2.99. The number of benzene rings is 2. The van der Waals surface area contributed by atoms with Crippen LogP contribution in [-0.2, 0) is 9.59 Å². The van der Waals surface area contributed by atoms with Crippen molar-refractivity contribution in [2.75, 3.05) is 0 Å². The molecule has 0 aromatic heterocycles. The van der Waals surface area contributed by atoms with Crippen molar-refractivity contribution in [3.05, 3.63) is 75.3 Å². The van der Waals surface area contributed by atoms with Crippen molar-refractivity contribution in [2.24, 2.45) is 0 Å². The first kappa shape index (κ1) is 20.0. The van der Waals surface area contributed by atoms with Gasteiger partial charge in [-0.1, -0.05) is 66.7 Å². The first-order valence-electron chi connectivity index (χ1n) is 9.79. The molecule has 2 aromatic rings. The van der Waals surface area contributed by atoms with Crippen LogP contribution in [0.15, 0.2) is 54.1 Å². The lowest BCUT2D eigenvalue weighted by molar-refractivity contribution is -0.141. The summed E-state index contributed by atoms with van der Waals surface area (Å²) in [4.78, 5) is 27.8. The van der Waals surface area contributed by atoms with Crippen LogP contribution in [0.1, 0.15) is 49.3 Å². The minimum atomic E-state index is -0.659. The van der Waals surface area contributed by atoms with E-state index in [4.69, 9.17) is 23.2 Å². The predicted molar refractivity (Wildman–Crippen MR) is 114 cm³/mol. The van der Waals surface area contributed by atoms with Gasteiger partial charge in [0.05, 0.1) is 11.6 Å². The highest BCUT2D eigenvalue weighted by atomic mass is 35.5. The zero-order valence-electron chi connectivity index (χ0n) is 15.8. The molecular formula is C23H21Cl2NO3. The summed E-state index contributed by atoms with van der Waals surface area (Å²) in [6.45, 7) is 0. The quantitative estimate of drug-likeness (QED) is 0.383. The van der Waals surface area contributed by atoms with Crippen molar-refractivity contribution in [2.45, 2.75) is 44.2 Å². The number of carbonyl (C=O) groups excluding carboxylic acids is 2. The Morgan fingerprint density at radius 3 is 2.28 bits per heavy atom. The number of likely N-dealkylation sites (tertiary alicyclic amines) is 1. The Balaban J connectivity index is 1.87. The third kappa shape index (κ3) is 3.79. The first-order chi connectivity index (χ1) is 14.0. The summed E-state index contributed by atoms with van der Waals surface area (Å²) in [6.07, 6.45) is 4.89. The number of aliphatic hydroxyl groups excluding tert-OH is 1. The molecule has 2 aliphatic rings. The Morgan fingerprint density at radius 2 is 1.62 bits per heavy atom. The molecule has 1 atom stereocenters. The molecule has 1 unspecified atom stereocenters. The maximum atomic E-state index is 13.0. The van der Waals surface area contributed by atoms with Crippen LogP contribution in [0.4, 0.5) is 0 Å². The van der Waals surface area contributed by atoms with Crippen LogP contribution in [0.3, 0.4) is 0 Å². The van der Waals surface area contributed by atoms with Gasteiger partial charge in [-0.15, -0.1) is 0 Å². The summed E-state index contributed by atoms with van der Waals surface area (Å²) in [5.74, 6) is -1.42. The number of halogens is 2. The maximum Gasteiger partial charge on any atom is 0.295 e. The van der Waals surface area contributed by atoms with Crippen LogP contribution in [-0.4, -0.2) is 27.7 Å². The molecule has 0 bridgehead atoms. The van der Waals surface area contributed by atoms with Crippen molar-refractivity contribution >= 4 is 40.7 Å². The average molecular weight is 430 g/mol. The van der Waals surface area contributed by atoms with E-state index in [0.29, 0.717) is 15.6 Å². The van der Waals surface area contributed by atoms with Gasteiger partial charge in [0.15, 0.2) is 0 Å². The highest BCUT2D eigenvalue weighted by Crippen LogP contribution is 2.43. The minimum Gasteiger partial charge on any atom is -0.507 e. The lowest BCUT2D eigenvalue weighted by Crippen LogP contribution is -2.40. The maximum absolute atomic E-state index is 13.0. The highest BCUT2D eigenvalue weighted by Gasteiger charge is 2.48. The Hall–Kier alpha value is -2.30. The molecule has 1 N–H and O–H groups in total. The molecule has 0 radical (unpaired) electrons. The molecule has 1 amide bonds. The summed E-state index contributed by atoms with van der Waals surface area (Å²) in [7, 11) is 0. The number of hydrogen-bond acceptors (Lipinski definition) is 3. The molecule has 6 heteroatoms. The van der Waals surface area contributed by atoms with Crippen molar-refractivity contribution in [1.82, 2.24) is 4.90 Å². The van der Waals surface area contributed by atoms with E-state index in [1.807, 2.05) is 0 Å². The van der Waals surface area contributed by atoms with Crippen LogP contribution < -0.4 is 0 Å². The SMILES string of the molecule is O=C1C(=O)N(C2CCCCC2)C(c2ccc(Cl)cc2)/C1=C(/O)c1cccc(Cl)c1. The van der Waals surface area contributed by atoms with E-state index in [-0.39, 0.29) is 17.4 Å². The monoisotopic (exact) mass is 429 g/mol. The van der Waals surface area contributed by atoms with Gasteiger partial charge in [-0.3, -0.25) is 9.59 Å². The number of rotatable bonds is 3. The topological polar surface area (TPSA) is 57.6 Å². The van der Waals surface area contributed by atoms with Gasteiger partial charge in [-0.05, 0) is 42.7 Å². The van der Waals surface area contributed by atoms with E-state index in [9.17, 15) is 14.7 Å². The van der Waals surface area contributed by atoms with E-state index in [0.717, 1.165) is 37.7 Å². The van der Waals surface area contributed by atoms with Crippen LogP contribution in [0.5, 0.6) is 0 Å². The molecule has 1 heterocycles. The molecule has 1 saturated carbocycles. The third-order valence-electron chi connectivity index (χ3n) is 5.73. The normalized spacial score (nSPS) is 22.3. The summed E-state index contributed by atoms with van der Waals surface area (Å²) >= 11 is 12.1. The predicted octanol–water partition coefficient (Wildman–Crippen LogP) is 5.75. The molecule has 1 saturated heterocycles. The largest absolute Gasteiger partial charge is 0.507 e. The Morgan fingerprint density at radius 1 is 0.931 bits per heavy atom. The van der Waals surface area contributed by atoms with E-state index < -0.39 is 17.7 Å². The number of amides is 1. The fourth-order valence-electron chi connectivity index (χ4n) is 4.35. The second-order valence-electron chi connectivity index (χ2n) is 7.56. The zero-order valence-corrected chi connectivity index (χ0v) is 17.3. The minimum absolute atomic E-state index is 0.0226. The van der Waals surface area contributed by atoms with E-state index in [1.165, 1.54) is 0 Å². The van der Waals surface area contributed by atoms with Crippen molar-refractivity contribution in [3.63, 3.8) is 0 Å². The smallest absolute Gasteiger partial charge is 0.295 e. The molecule has 29 heavy (non-hydrogen) atoms. The lowest BCUT2D eigenvalue weighted by atomic mass is 9.91. The lowest BCUT2D eigenvalue weighted by Gasteiger charge is -2.35. The Bertz CT molecular complexity index is 978. The van der Waals surface area contributed by atoms with E-state index in [1.54, 1.807) is 53.4 Å². The third-order valence-corrected chi connectivity index (χ3v) is 6.22. The van der Waals surface area contributed by atoms with Crippen LogP contribution in [0.25, 0.3) is 5.76 Å². The van der Waals surface area contributed by atoms with Crippen LogP contribution in [0.2, 0.25) is 10.0 Å². The number of ketones is 1. The molecule has 2 aromatic carbocycles. The van der Waals surface area contributed by atoms with Crippen molar-refractivity contribution in [1.29, 1.82) is 0 Å². The van der Waals surface area contributed by atoms with Gasteiger partial charge in [0.25, 0.3) is 11.7 Å². The molecule has 4 nitrogen and oxygen atoms in total. The second-order valence-corrected chi connectivity index (χ2v) is 8.43. The van der Waals surface area contributed by atoms with Crippen molar-refractivity contribution in [3.8, 4) is 0 Å². The molecule has 1 aliphatic carbocycles. The molecule has 1 aliphatic heterocycles. The standard InChI is InChI=1S/C23H21Cl2NO3/c24-16-11-9-14(10-12-16)20-19(21(27)15-5-4-6-17(25)13-15)22(28)23(29)26(20)18-7-2-1-3-8-18/h4-6,9-13,18,20,27H,1-3,7-8H2/b21-19-. The second kappa shape index (κ2) is 8.21. The van der Waals surface area contributed by atoms with Crippen LogP contribution >= 0.6 is 23.2 Å². The van der Waals surface area contributed by atoms with Gasteiger partial charge in [-0.25, -0.2) is 0 Å². The fraction of sp³-hybridized carbons (Fsp3) is 0.304. The van der Waals surface area contributed by atoms with Gasteiger partial charge < -0.3 is 10.0 Å². The molecule has 4 rings (SSSR count). The highest BCUT2D eigenvalue weighted by molar-refractivity contribution is 6.46. The van der Waals surface area contributed by atoms with Gasteiger partial charge in [0.1, 0.15) is 5.76 Å².